The Hall–Kier alpha value is -1.23. The van der Waals surface area contributed by atoms with E-state index < -0.39 is 11.7 Å². The van der Waals surface area contributed by atoms with Crippen molar-refractivity contribution in [3.05, 3.63) is 22.7 Å². The minimum atomic E-state index is -0.530. The Balaban J connectivity index is 2.67. The quantitative estimate of drug-likeness (QED) is 0.777. The van der Waals surface area contributed by atoms with E-state index in [4.69, 9.17) is 4.74 Å². The van der Waals surface area contributed by atoms with E-state index in [9.17, 15) is 9.90 Å². The Labute approximate surface area is 103 Å². The van der Waals surface area contributed by atoms with Crippen LogP contribution in [0.4, 0.5) is 10.5 Å². The predicted octanol–water partition coefficient (Wildman–Crippen LogP) is 3.50. The lowest BCUT2D eigenvalue weighted by molar-refractivity contribution is 0.0636. The van der Waals surface area contributed by atoms with Gasteiger partial charge in [0.2, 0.25) is 0 Å². The van der Waals surface area contributed by atoms with Gasteiger partial charge in [-0.15, -0.1) is 0 Å². The Bertz CT molecular complexity index is 399. The predicted molar refractivity (Wildman–Crippen MR) is 65.7 cm³/mol. The van der Waals surface area contributed by atoms with Crippen LogP contribution >= 0.6 is 15.9 Å². The molecule has 0 saturated heterocycles. The number of anilines is 1. The molecule has 0 radical (unpaired) electrons. The zero-order valence-electron chi connectivity index (χ0n) is 9.37. The van der Waals surface area contributed by atoms with E-state index in [-0.39, 0.29) is 5.75 Å². The molecule has 0 aliphatic rings. The zero-order chi connectivity index (χ0) is 12.3. The van der Waals surface area contributed by atoms with Crippen molar-refractivity contribution < 1.29 is 14.6 Å². The van der Waals surface area contributed by atoms with Crippen molar-refractivity contribution in [1.29, 1.82) is 0 Å². The van der Waals surface area contributed by atoms with E-state index in [0.29, 0.717) is 10.2 Å². The molecule has 0 unspecified atom stereocenters. The smallest absolute Gasteiger partial charge is 0.412 e. The van der Waals surface area contributed by atoms with Gasteiger partial charge in [-0.1, -0.05) is 0 Å². The molecule has 1 amide bonds. The van der Waals surface area contributed by atoms with Gasteiger partial charge in [0.15, 0.2) is 0 Å². The highest BCUT2D eigenvalue weighted by molar-refractivity contribution is 9.10. The van der Waals surface area contributed by atoms with Gasteiger partial charge in [-0.3, -0.25) is 5.32 Å². The van der Waals surface area contributed by atoms with Crippen LogP contribution in [0.5, 0.6) is 5.75 Å². The number of rotatable bonds is 1. The van der Waals surface area contributed by atoms with E-state index in [1.807, 2.05) is 0 Å². The molecule has 0 saturated carbocycles. The van der Waals surface area contributed by atoms with Crippen LogP contribution < -0.4 is 5.32 Å². The molecule has 5 heteroatoms. The van der Waals surface area contributed by atoms with Gasteiger partial charge in [0.25, 0.3) is 0 Å². The Morgan fingerprint density at radius 3 is 2.56 bits per heavy atom. The number of ether oxygens (including phenoxy) is 1. The van der Waals surface area contributed by atoms with Crippen LogP contribution in [0.15, 0.2) is 22.7 Å². The first-order chi connectivity index (χ1) is 7.28. The molecular formula is C11H14BrNO3. The third-order valence-electron chi connectivity index (χ3n) is 1.59. The maximum absolute atomic E-state index is 11.4. The summed E-state index contributed by atoms with van der Waals surface area (Å²) in [5.74, 6) is 0.120. The van der Waals surface area contributed by atoms with Crippen LogP contribution in [0.1, 0.15) is 20.8 Å². The summed E-state index contributed by atoms with van der Waals surface area (Å²) in [6.45, 7) is 5.37. The lowest BCUT2D eigenvalue weighted by Gasteiger charge is -2.19. The molecule has 16 heavy (non-hydrogen) atoms. The molecule has 1 rings (SSSR count). The third-order valence-corrected chi connectivity index (χ3v) is 2.23. The average molecular weight is 288 g/mol. The number of hydrogen-bond acceptors (Lipinski definition) is 3. The van der Waals surface area contributed by atoms with Gasteiger partial charge in [0, 0.05) is 5.69 Å². The second-order valence-electron chi connectivity index (χ2n) is 4.29. The van der Waals surface area contributed by atoms with Crippen LogP contribution in [0, 0.1) is 0 Å². The first-order valence-electron chi connectivity index (χ1n) is 4.76. The molecular weight excluding hydrogens is 274 g/mol. The summed E-state index contributed by atoms with van der Waals surface area (Å²) >= 11 is 3.16. The fourth-order valence-corrected chi connectivity index (χ4v) is 1.38. The Morgan fingerprint density at radius 2 is 2.06 bits per heavy atom. The first kappa shape index (κ1) is 12.8. The minimum Gasteiger partial charge on any atom is -0.507 e. The monoisotopic (exact) mass is 287 g/mol. The van der Waals surface area contributed by atoms with Gasteiger partial charge in [-0.25, -0.2) is 4.79 Å². The largest absolute Gasteiger partial charge is 0.507 e. The summed E-state index contributed by atoms with van der Waals surface area (Å²) in [7, 11) is 0. The molecule has 0 fully saturated rings. The number of halogens is 1. The topological polar surface area (TPSA) is 58.6 Å². The fraction of sp³-hybridized carbons (Fsp3) is 0.364. The maximum atomic E-state index is 11.4. The van der Waals surface area contributed by atoms with E-state index in [1.54, 1.807) is 32.9 Å². The fourth-order valence-electron chi connectivity index (χ4n) is 1.01. The molecule has 1 aromatic rings. The van der Waals surface area contributed by atoms with Gasteiger partial charge in [0.05, 0.1) is 4.47 Å². The second kappa shape index (κ2) is 4.74. The summed E-state index contributed by atoms with van der Waals surface area (Å²) in [6.07, 6.45) is -0.523. The normalized spacial score (nSPS) is 11.0. The van der Waals surface area contributed by atoms with Crippen molar-refractivity contribution in [3.63, 3.8) is 0 Å². The van der Waals surface area contributed by atoms with E-state index in [0.717, 1.165) is 0 Å². The number of phenols is 1. The Morgan fingerprint density at radius 1 is 1.44 bits per heavy atom. The molecule has 0 spiro atoms. The average Bonchev–Trinajstić information content (AvgIpc) is 2.08. The van der Waals surface area contributed by atoms with Gasteiger partial charge in [-0.2, -0.15) is 0 Å². The number of amides is 1. The lowest BCUT2D eigenvalue weighted by Crippen LogP contribution is -2.27. The summed E-state index contributed by atoms with van der Waals surface area (Å²) in [4.78, 5) is 11.4. The van der Waals surface area contributed by atoms with Gasteiger partial charge in [-0.05, 0) is 54.9 Å². The van der Waals surface area contributed by atoms with Gasteiger partial charge < -0.3 is 9.84 Å². The molecule has 2 N–H and O–H groups in total. The summed E-state index contributed by atoms with van der Waals surface area (Å²) in [5.41, 5.74) is 0.0250. The SMILES string of the molecule is CC(C)(C)OC(=O)Nc1ccc(O)c(Br)c1. The third kappa shape index (κ3) is 4.10. The molecule has 88 valence electrons. The van der Waals surface area contributed by atoms with Crippen LogP contribution in [-0.4, -0.2) is 16.8 Å². The van der Waals surface area contributed by atoms with Crippen molar-refractivity contribution >= 4 is 27.7 Å². The highest BCUT2D eigenvalue weighted by Crippen LogP contribution is 2.26. The summed E-state index contributed by atoms with van der Waals surface area (Å²) in [5, 5.41) is 11.8. The second-order valence-corrected chi connectivity index (χ2v) is 5.15. The van der Waals surface area contributed by atoms with Gasteiger partial charge in [0.1, 0.15) is 11.4 Å². The first-order valence-corrected chi connectivity index (χ1v) is 5.56. The molecule has 0 heterocycles. The number of benzene rings is 1. The number of aromatic hydroxyl groups is 1. The van der Waals surface area contributed by atoms with Crippen LogP contribution in [0.2, 0.25) is 0 Å². The van der Waals surface area contributed by atoms with Crippen molar-refractivity contribution in [3.8, 4) is 5.75 Å². The van der Waals surface area contributed by atoms with Crippen molar-refractivity contribution in [2.24, 2.45) is 0 Å². The van der Waals surface area contributed by atoms with Gasteiger partial charge >= 0.3 is 6.09 Å². The summed E-state index contributed by atoms with van der Waals surface area (Å²) in [6, 6.07) is 4.67. The highest BCUT2D eigenvalue weighted by Gasteiger charge is 2.16. The van der Waals surface area contributed by atoms with Crippen molar-refractivity contribution in [1.82, 2.24) is 0 Å². The standard InChI is InChI=1S/C11H14BrNO3/c1-11(2,3)16-10(15)13-7-4-5-9(14)8(12)6-7/h4-6,14H,1-3H3,(H,13,15). The summed E-state index contributed by atoms with van der Waals surface area (Å²) < 4.78 is 5.60. The van der Waals surface area contributed by atoms with E-state index in [1.165, 1.54) is 6.07 Å². The van der Waals surface area contributed by atoms with Crippen LogP contribution in [-0.2, 0) is 4.74 Å². The zero-order valence-corrected chi connectivity index (χ0v) is 11.0. The van der Waals surface area contributed by atoms with E-state index in [2.05, 4.69) is 21.2 Å². The molecule has 4 nitrogen and oxygen atoms in total. The molecule has 0 bridgehead atoms. The number of carbonyl (C=O) groups excluding carboxylic acids is 1. The minimum absolute atomic E-state index is 0.120. The number of hydrogen-bond donors (Lipinski definition) is 2. The highest BCUT2D eigenvalue weighted by atomic mass is 79.9. The molecule has 0 atom stereocenters. The van der Waals surface area contributed by atoms with E-state index >= 15 is 0 Å². The van der Waals surface area contributed by atoms with Crippen LogP contribution in [0.3, 0.4) is 0 Å². The number of carbonyl (C=O) groups is 1. The van der Waals surface area contributed by atoms with Crippen LogP contribution in [0.25, 0.3) is 0 Å². The maximum Gasteiger partial charge on any atom is 0.412 e. The van der Waals surface area contributed by atoms with Crippen molar-refractivity contribution in [2.45, 2.75) is 26.4 Å². The number of phenolic OH excluding ortho intramolecular Hbond substituents is 1. The Kier molecular flexibility index (Phi) is 3.80. The molecule has 0 aromatic heterocycles. The molecule has 1 aromatic carbocycles. The lowest BCUT2D eigenvalue weighted by atomic mass is 10.2. The van der Waals surface area contributed by atoms with Crippen molar-refractivity contribution in [2.75, 3.05) is 5.32 Å². The molecule has 0 aliphatic carbocycles. The number of nitrogens with one attached hydrogen (secondary N) is 1. The molecule has 0 aliphatic heterocycles.